The van der Waals surface area contributed by atoms with Crippen LogP contribution in [0.5, 0.6) is 11.5 Å². The molecule has 1 aromatic carbocycles. The van der Waals surface area contributed by atoms with Gasteiger partial charge >= 0.3 is 0 Å². The Morgan fingerprint density at radius 2 is 1.96 bits per heavy atom. The van der Waals surface area contributed by atoms with E-state index in [0.29, 0.717) is 21.4 Å². The highest BCUT2D eigenvalue weighted by Crippen LogP contribution is 2.38. The Morgan fingerprint density at radius 1 is 1.21 bits per heavy atom. The topological polar surface area (TPSA) is 51.1 Å². The molecule has 0 saturated carbocycles. The van der Waals surface area contributed by atoms with Gasteiger partial charge in [0.25, 0.3) is 5.91 Å². The van der Waals surface area contributed by atoms with E-state index in [4.69, 9.17) is 21.1 Å². The minimum absolute atomic E-state index is 0.202. The lowest BCUT2D eigenvalue weighted by atomic mass is 10.1. The summed E-state index contributed by atoms with van der Waals surface area (Å²) in [5.41, 5.74) is 0.781. The highest BCUT2D eigenvalue weighted by Gasteiger charge is 2.27. The number of nitrogens with zero attached hydrogens (tertiary/aromatic N) is 2. The molecule has 2 aliphatic heterocycles. The summed E-state index contributed by atoms with van der Waals surface area (Å²) < 4.78 is 10.5. The van der Waals surface area contributed by atoms with Gasteiger partial charge in [-0.25, -0.2) is 0 Å². The van der Waals surface area contributed by atoms with Crippen LogP contribution in [0.2, 0.25) is 5.02 Å². The van der Waals surface area contributed by atoms with Crippen molar-refractivity contribution >= 4 is 40.5 Å². The molecule has 7 heteroatoms. The van der Waals surface area contributed by atoms with Gasteiger partial charge in [0.15, 0.2) is 16.7 Å². The third-order valence-electron chi connectivity index (χ3n) is 3.99. The first-order valence-electron chi connectivity index (χ1n) is 7.81. The number of amidine groups is 1. The number of thioether (sulfide) groups is 1. The zero-order chi connectivity index (χ0) is 17.1. The summed E-state index contributed by atoms with van der Waals surface area (Å²) in [5, 5.41) is 1.24. The van der Waals surface area contributed by atoms with Crippen molar-refractivity contribution in [2.75, 3.05) is 27.3 Å². The Bertz CT molecular complexity index is 712. The van der Waals surface area contributed by atoms with E-state index < -0.39 is 0 Å². The summed E-state index contributed by atoms with van der Waals surface area (Å²) in [6.07, 6.45) is 5.34. The Kier molecular flexibility index (Phi) is 5.36. The summed E-state index contributed by atoms with van der Waals surface area (Å²) in [4.78, 5) is 19.2. The molecule has 0 radical (unpaired) electrons. The molecule has 5 nitrogen and oxygen atoms in total. The highest BCUT2D eigenvalue weighted by molar-refractivity contribution is 8.18. The molecule has 24 heavy (non-hydrogen) atoms. The number of piperidine rings is 1. The Labute approximate surface area is 150 Å². The fourth-order valence-electron chi connectivity index (χ4n) is 2.79. The lowest BCUT2D eigenvalue weighted by Gasteiger charge is -2.27. The number of rotatable bonds is 3. The summed E-state index contributed by atoms with van der Waals surface area (Å²) in [6.45, 7) is 1.93. The van der Waals surface area contributed by atoms with Crippen LogP contribution >= 0.6 is 23.4 Å². The van der Waals surface area contributed by atoms with Crippen LogP contribution in [0.3, 0.4) is 0 Å². The third-order valence-corrected chi connectivity index (χ3v) is 5.31. The van der Waals surface area contributed by atoms with Crippen LogP contribution in [-0.4, -0.2) is 43.3 Å². The molecule has 1 aromatic rings. The van der Waals surface area contributed by atoms with Crippen molar-refractivity contribution in [3.8, 4) is 11.5 Å². The summed E-state index contributed by atoms with van der Waals surface area (Å²) in [7, 11) is 3.09. The van der Waals surface area contributed by atoms with Crippen molar-refractivity contribution in [3.05, 3.63) is 27.6 Å². The smallest absolute Gasteiger partial charge is 0.286 e. The number of amides is 1. The quantitative estimate of drug-likeness (QED) is 0.761. The first-order valence-corrected chi connectivity index (χ1v) is 9.01. The maximum Gasteiger partial charge on any atom is 0.286 e. The van der Waals surface area contributed by atoms with E-state index in [1.807, 2.05) is 0 Å². The molecule has 0 bridgehead atoms. The number of ether oxygens (including phenoxy) is 2. The number of carbonyl (C=O) groups is 1. The van der Waals surface area contributed by atoms with E-state index >= 15 is 0 Å². The summed E-state index contributed by atoms with van der Waals surface area (Å²) in [5.74, 6) is 0.813. The van der Waals surface area contributed by atoms with Crippen LogP contribution in [-0.2, 0) is 4.79 Å². The molecule has 1 fully saturated rings. The molecule has 0 unspecified atom stereocenters. The first-order chi connectivity index (χ1) is 11.6. The van der Waals surface area contributed by atoms with E-state index in [2.05, 4.69) is 9.89 Å². The predicted molar refractivity (Wildman–Crippen MR) is 98.0 cm³/mol. The van der Waals surface area contributed by atoms with Gasteiger partial charge in [-0.05, 0) is 54.8 Å². The minimum atomic E-state index is -0.202. The number of hydrogen-bond acceptors (Lipinski definition) is 5. The maximum atomic E-state index is 12.2. The van der Waals surface area contributed by atoms with Gasteiger partial charge in [-0.1, -0.05) is 11.6 Å². The van der Waals surface area contributed by atoms with Gasteiger partial charge in [-0.3, -0.25) is 4.79 Å². The Hall–Kier alpha value is -1.66. The van der Waals surface area contributed by atoms with E-state index in [9.17, 15) is 4.79 Å². The normalized spacial score (nSPS) is 19.6. The number of benzene rings is 1. The first kappa shape index (κ1) is 17.2. The van der Waals surface area contributed by atoms with Crippen molar-refractivity contribution < 1.29 is 14.3 Å². The fourth-order valence-corrected chi connectivity index (χ4v) is 4.05. The number of aliphatic imine (C=N–C) groups is 1. The van der Waals surface area contributed by atoms with E-state index in [1.54, 1.807) is 25.3 Å². The average molecular weight is 367 g/mol. The number of methoxy groups -OCH3 is 2. The van der Waals surface area contributed by atoms with Crippen molar-refractivity contribution in [1.82, 2.24) is 4.90 Å². The van der Waals surface area contributed by atoms with Crippen LogP contribution in [0, 0.1) is 0 Å². The number of halogens is 1. The van der Waals surface area contributed by atoms with Gasteiger partial charge in [0, 0.05) is 13.1 Å². The molecule has 1 saturated heterocycles. The van der Waals surface area contributed by atoms with E-state index in [0.717, 1.165) is 36.7 Å². The average Bonchev–Trinajstić information content (AvgIpc) is 2.96. The minimum Gasteiger partial charge on any atom is -0.493 e. The Balaban J connectivity index is 1.82. The van der Waals surface area contributed by atoms with Crippen molar-refractivity contribution in [1.29, 1.82) is 0 Å². The molecular weight excluding hydrogens is 348 g/mol. The molecule has 2 heterocycles. The lowest BCUT2D eigenvalue weighted by Crippen LogP contribution is -2.33. The second-order valence-electron chi connectivity index (χ2n) is 5.60. The summed E-state index contributed by atoms with van der Waals surface area (Å²) >= 11 is 7.64. The molecule has 3 rings (SSSR count). The molecule has 1 amide bonds. The van der Waals surface area contributed by atoms with Crippen molar-refractivity contribution in [2.24, 2.45) is 4.99 Å². The molecule has 0 aromatic heterocycles. The van der Waals surface area contributed by atoms with Gasteiger partial charge in [-0.2, -0.15) is 4.99 Å². The van der Waals surface area contributed by atoms with Crippen LogP contribution in [0.25, 0.3) is 6.08 Å². The van der Waals surface area contributed by atoms with Gasteiger partial charge in [-0.15, -0.1) is 0 Å². The van der Waals surface area contributed by atoms with Crippen LogP contribution in [0.4, 0.5) is 0 Å². The highest BCUT2D eigenvalue weighted by atomic mass is 35.5. The van der Waals surface area contributed by atoms with Crippen LogP contribution in [0.15, 0.2) is 22.0 Å². The maximum absolute atomic E-state index is 12.2. The zero-order valence-electron chi connectivity index (χ0n) is 13.7. The van der Waals surface area contributed by atoms with Crippen molar-refractivity contribution in [3.63, 3.8) is 0 Å². The van der Waals surface area contributed by atoms with Gasteiger partial charge < -0.3 is 14.4 Å². The zero-order valence-corrected chi connectivity index (χ0v) is 15.2. The molecular formula is C17H19ClN2O3S. The third kappa shape index (κ3) is 3.54. The summed E-state index contributed by atoms with van der Waals surface area (Å²) in [6, 6.07) is 3.55. The molecule has 128 valence electrons. The fraction of sp³-hybridized carbons (Fsp3) is 0.412. The second-order valence-corrected chi connectivity index (χ2v) is 7.01. The molecule has 0 N–H and O–H groups in total. The second kappa shape index (κ2) is 7.49. The van der Waals surface area contributed by atoms with Crippen LogP contribution < -0.4 is 9.47 Å². The largest absolute Gasteiger partial charge is 0.493 e. The van der Waals surface area contributed by atoms with Gasteiger partial charge in [0.1, 0.15) is 0 Å². The number of carbonyl (C=O) groups excluding carboxylic acids is 1. The van der Waals surface area contributed by atoms with Crippen molar-refractivity contribution in [2.45, 2.75) is 19.3 Å². The number of hydrogen-bond donors (Lipinski definition) is 0. The number of likely N-dealkylation sites (tertiary alicyclic amines) is 1. The lowest BCUT2D eigenvalue weighted by molar-refractivity contribution is -0.113. The van der Waals surface area contributed by atoms with Gasteiger partial charge in [0.05, 0.1) is 24.1 Å². The molecule has 0 aliphatic carbocycles. The standard InChI is InChI=1S/C17H19ClN2O3S/c1-22-13-9-11(8-12(18)15(13)23-2)10-14-16(21)19-17(24-14)20-6-4-3-5-7-20/h8-10H,3-7H2,1-2H3. The van der Waals surface area contributed by atoms with Gasteiger partial charge in [0.2, 0.25) is 0 Å². The SMILES string of the molecule is COc1cc(C=C2SC(N3CCCCC3)=NC2=O)cc(Cl)c1OC. The van der Waals surface area contributed by atoms with E-state index in [-0.39, 0.29) is 5.91 Å². The monoisotopic (exact) mass is 366 g/mol. The molecule has 0 spiro atoms. The van der Waals surface area contributed by atoms with E-state index in [1.165, 1.54) is 25.3 Å². The molecule has 2 aliphatic rings. The van der Waals surface area contributed by atoms with Crippen LogP contribution in [0.1, 0.15) is 24.8 Å². The molecule has 0 atom stereocenters. The predicted octanol–water partition coefficient (Wildman–Crippen LogP) is 3.81. The Morgan fingerprint density at radius 3 is 2.62 bits per heavy atom.